The van der Waals surface area contributed by atoms with Gasteiger partial charge in [-0.15, -0.1) is 0 Å². The lowest BCUT2D eigenvalue weighted by Gasteiger charge is -2.28. The number of aliphatic imine (C=N–C) groups is 1. The maximum atomic E-state index is 14.9. The van der Waals surface area contributed by atoms with Crippen molar-refractivity contribution in [2.45, 2.75) is 13.1 Å². The standard InChI is InChI=1S/C30H24FN5O/c1-33-20-36(17-22-11-9-21(16-32)10-12-22)25-15-24-6-4-7-27(31)26(24)19-35(18-25)30(37)29-14-13-23-5-2-3-8-28(23)34-29/h2-15,20H,17-19H2,1H3. The van der Waals surface area contributed by atoms with E-state index in [0.717, 1.165) is 22.2 Å². The molecule has 0 spiro atoms. The highest BCUT2D eigenvalue weighted by atomic mass is 19.1. The van der Waals surface area contributed by atoms with E-state index in [2.05, 4.69) is 16.0 Å². The van der Waals surface area contributed by atoms with Crippen LogP contribution in [0.3, 0.4) is 0 Å². The van der Waals surface area contributed by atoms with E-state index in [-0.39, 0.29) is 24.8 Å². The molecular formula is C30H24FN5O. The molecule has 0 atom stereocenters. The van der Waals surface area contributed by atoms with Gasteiger partial charge in [-0.1, -0.05) is 48.5 Å². The lowest BCUT2D eigenvalue weighted by Crippen LogP contribution is -2.36. The number of pyridine rings is 1. The number of hydrogen-bond donors (Lipinski definition) is 0. The number of carbonyl (C=O) groups is 1. The smallest absolute Gasteiger partial charge is 0.273 e. The van der Waals surface area contributed by atoms with Crippen LogP contribution in [0.1, 0.15) is 32.7 Å². The number of nitrogens with zero attached hydrogens (tertiary/aromatic N) is 5. The Morgan fingerprint density at radius 2 is 1.89 bits per heavy atom. The fourth-order valence-corrected chi connectivity index (χ4v) is 4.45. The van der Waals surface area contributed by atoms with Crippen LogP contribution in [0.25, 0.3) is 17.0 Å². The van der Waals surface area contributed by atoms with Gasteiger partial charge in [0.2, 0.25) is 0 Å². The predicted octanol–water partition coefficient (Wildman–Crippen LogP) is 5.40. The van der Waals surface area contributed by atoms with Crippen molar-refractivity contribution in [2.75, 3.05) is 13.6 Å². The number of para-hydroxylation sites is 1. The Morgan fingerprint density at radius 3 is 2.68 bits per heavy atom. The zero-order valence-corrected chi connectivity index (χ0v) is 20.3. The first-order chi connectivity index (χ1) is 18.1. The zero-order valence-electron chi connectivity index (χ0n) is 20.3. The maximum absolute atomic E-state index is 14.9. The number of nitriles is 1. The highest BCUT2D eigenvalue weighted by Crippen LogP contribution is 2.27. The Hall–Kier alpha value is -4.83. The normalized spacial score (nSPS) is 13.1. The summed E-state index contributed by atoms with van der Waals surface area (Å²) >= 11 is 0. The minimum atomic E-state index is -0.359. The molecule has 1 aliphatic rings. The number of carbonyl (C=O) groups excluding carboxylic acids is 1. The Morgan fingerprint density at radius 1 is 1.08 bits per heavy atom. The number of rotatable bonds is 5. The average Bonchev–Trinajstić information content (AvgIpc) is 3.13. The van der Waals surface area contributed by atoms with Gasteiger partial charge < -0.3 is 9.80 Å². The third kappa shape index (κ3) is 5.09. The van der Waals surface area contributed by atoms with Crippen LogP contribution >= 0.6 is 0 Å². The number of amides is 1. The van der Waals surface area contributed by atoms with E-state index >= 15 is 0 Å². The van der Waals surface area contributed by atoms with Gasteiger partial charge >= 0.3 is 0 Å². The van der Waals surface area contributed by atoms with Crippen molar-refractivity contribution in [3.8, 4) is 6.07 Å². The molecule has 6 nitrogen and oxygen atoms in total. The van der Waals surface area contributed by atoms with Gasteiger partial charge in [-0.3, -0.25) is 9.79 Å². The summed E-state index contributed by atoms with van der Waals surface area (Å²) in [6.45, 7) is 0.822. The summed E-state index contributed by atoms with van der Waals surface area (Å²) in [4.78, 5) is 26.1. The molecule has 1 aromatic heterocycles. The van der Waals surface area contributed by atoms with Crippen LogP contribution in [0.2, 0.25) is 0 Å². The highest BCUT2D eigenvalue weighted by molar-refractivity contribution is 5.95. The molecule has 182 valence electrons. The minimum absolute atomic E-state index is 0.114. The summed E-state index contributed by atoms with van der Waals surface area (Å²) in [5, 5.41) is 10.1. The lowest BCUT2D eigenvalue weighted by atomic mass is 10.1. The molecule has 0 radical (unpaired) electrons. The first-order valence-electron chi connectivity index (χ1n) is 11.9. The molecule has 7 heteroatoms. The quantitative estimate of drug-likeness (QED) is 0.278. The van der Waals surface area contributed by atoms with Crippen LogP contribution in [-0.4, -0.2) is 40.6 Å². The highest BCUT2D eigenvalue weighted by Gasteiger charge is 2.26. The molecule has 0 saturated heterocycles. The van der Waals surface area contributed by atoms with Crippen LogP contribution in [0, 0.1) is 17.1 Å². The van der Waals surface area contributed by atoms with Crippen LogP contribution in [0.15, 0.2) is 89.6 Å². The van der Waals surface area contributed by atoms with Crippen LogP contribution in [-0.2, 0) is 13.1 Å². The summed E-state index contributed by atoms with van der Waals surface area (Å²) in [6, 6.07) is 25.6. The monoisotopic (exact) mass is 489 g/mol. The molecule has 1 amide bonds. The van der Waals surface area contributed by atoms with Crippen molar-refractivity contribution in [2.24, 2.45) is 4.99 Å². The number of fused-ring (bicyclic) bond motifs is 2. The first-order valence-corrected chi connectivity index (χ1v) is 11.9. The molecule has 37 heavy (non-hydrogen) atoms. The van der Waals surface area contributed by atoms with E-state index in [0.29, 0.717) is 28.9 Å². The molecule has 4 aromatic rings. The van der Waals surface area contributed by atoms with Gasteiger partial charge in [0.25, 0.3) is 5.91 Å². The third-order valence-electron chi connectivity index (χ3n) is 6.34. The first kappa shape index (κ1) is 23.9. The van der Waals surface area contributed by atoms with Crippen molar-refractivity contribution < 1.29 is 9.18 Å². The third-order valence-corrected chi connectivity index (χ3v) is 6.34. The molecule has 0 bridgehead atoms. The Labute approximate surface area is 214 Å². The fourth-order valence-electron chi connectivity index (χ4n) is 4.45. The van der Waals surface area contributed by atoms with Crippen molar-refractivity contribution >= 4 is 29.2 Å². The van der Waals surface area contributed by atoms with Gasteiger partial charge in [-0.2, -0.15) is 5.26 Å². The number of benzene rings is 3. The topological polar surface area (TPSA) is 72.6 Å². The molecule has 0 fully saturated rings. The lowest BCUT2D eigenvalue weighted by molar-refractivity contribution is 0.0746. The summed E-state index contributed by atoms with van der Waals surface area (Å²) < 4.78 is 14.9. The van der Waals surface area contributed by atoms with E-state index in [9.17, 15) is 9.18 Å². The van der Waals surface area contributed by atoms with E-state index < -0.39 is 0 Å². The molecule has 3 aromatic carbocycles. The van der Waals surface area contributed by atoms with Gasteiger partial charge in [-0.05, 0) is 47.5 Å². The zero-order chi connectivity index (χ0) is 25.8. The second kappa shape index (κ2) is 10.4. The maximum Gasteiger partial charge on any atom is 0.273 e. The van der Waals surface area contributed by atoms with E-state index in [4.69, 9.17) is 5.26 Å². The van der Waals surface area contributed by atoms with Crippen LogP contribution in [0.5, 0.6) is 0 Å². The van der Waals surface area contributed by atoms with Crippen molar-refractivity contribution in [3.63, 3.8) is 0 Å². The molecular weight excluding hydrogens is 465 g/mol. The van der Waals surface area contributed by atoms with Gasteiger partial charge in [0.15, 0.2) is 0 Å². The van der Waals surface area contributed by atoms with Gasteiger partial charge in [-0.25, -0.2) is 9.37 Å². The SMILES string of the molecule is CN=CN(Cc1ccc(C#N)cc1)C1=Cc2cccc(F)c2CN(C(=O)c2ccc3ccccc3n2)C1. The molecule has 5 rings (SSSR count). The molecule has 0 N–H and O–H groups in total. The number of aromatic nitrogens is 1. The van der Waals surface area contributed by atoms with E-state index in [1.54, 1.807) is 42.6 Å². The Balaban J connectivity index is 1.52. The largest absolute Gasteiger partial charge is 0.330 e. The molecule has 0 saturated carbocycles. The summed E-state index contributed by atoms with van der Waals surface area (Å²) in [6.07, 6.45) is 3.61. The summed E-state index contributed by atoms with van der Waals surface area (Å²) in [5.41, 5.74) is 4.54. The molecule has 0 unspecified atom stereocenters. The second-order valence-corrected chi connectivity index (χ2v) is 8.80. The van der Waals surface area contributed by atoms with Gasteiger partial charge in [0.05, 0.1) is 30.0 Å². The molecule has 1 aliphatic heterocycles. The van der Waals surface area contributed by atoms with Gasteiger partial charge in [0, 0.05) is 36.8 Å². The van der Waals surface area contributed by atoms with E-state index in [1.807, 2.05) is 59.5 Å². The van der Waals surface area contributed by atoms with Gasteiger partial charge in [0.1, 0.15) is 11.5 Å². The predicted molar refractivity (Wildman–Crippen MR) is 142 cm³/mol. The minimum Gasteiger partial charge on any atom is -0.330 e. The fraction of sp³-hybridized carbons (Fsp3) is 0.133. The van der Waals surface area contributed by atoms with Crippen molar-refractivity contribution in [1.82, 2.24) is 14.8 Å². The van der Waals surface area contributed by atoms with E-state index in [1.165, 1.54) is 6.07 Å². The molecule has 2 heterocycles. The van der Waals surface area contributed by atoms with Crippen molar-refractivity contribution in [3.05, 3.63) is 118 Å². The Bertz CT molecular complexity index is 1570. The van der Waals surface area contributed by atoms with Crippen LogP contribution in [0.4, 0.5) is 4.39 Å². The summed E-state index contributed by atoms with van der Waals surface area (Å²) in [5.74, 6) is -0.637. The Kier molecular flexibility index (Phi) is 6.73. The number of hydrogen-bond acceptors (Lipinski definition) is 4. The number of halogens is 1. The summed E-state index contributed by atoms with van der Waals surface area (Å²) in [7, 11) is 1.68. The molecule has 0 aliphatic carbocycles. The van der Waals surface area contributed by atoms with Crippen molar-refractivity contribution in [1.29, 1.82) is 5.26 Å². The second-order valence-electron chi connectivity index (χ2n) is 8.80. The van der Waals surface area contributed by atoms with Crippen LogP contribution < -0.4 is 0 Å². The average molecular weight is 490 g/mol.